The Morgan fingerprint density at radius 3 is 2.43 bits per heavy atom. The molecule has 0 atom stereocenters. The highest BCUT2D eigenvalue weighted by Gasteiger charge is 2.25. The van der Waals surface area contributed by atoms with Gasteiger partial charge in [0.05, 0.1) is 14.2 Å². The molecule has 0 saturated heterocycles. The molecular weight excluding hydrogens is 264 g/mol. The molecule has 0 aliphatic carbocycles. The summed E-state index contributed by atoms with van der Waals surface area (Å²) in [6.45, 7) is 6.20. The fourth-order valence-corrected chi connectivity index (χ4v) is 2.74. The van der Waals surface area contributed by atoms with Crippen molar-refractivity contribution in [3.8, 4) is 17.2 Å². The third-order valence-corrected chi connectivity index (χ3v) is 3.86. The zero-order valence-electron chi connectivity index (χ0n) is 13.1. The van der Waals surface area contributed by atoms with Crippen molar-refractivity contribution in [1.29, 1.82) is 0 Å². The number of hydrogen-bond donors (Lipinski definition) is 0. The molecule has 21 heavy (non-hydrogen) atoms. The van der Waals surface area contributed by atoms with Crippen molar-refractivity contribution in [2.45, 2.75) is 26.4 Å². The van der Waals surface area contributed by atoms with Gasteiger partial charge in [-0.3, -0.25) is 0 Å². The van der Waals surface area contributed by atoms with Crippen LogP contribution in [-0.4, -0.2) is 19.8 Å². The summed E-state index contributed by atoms with van der Waals surface area (Å²) < 4.78 is 17.1. The molecule has 110 valence electrons. The van der Waals surface area contributed by atoms with Crippen LogP contribution in [0.3, 0.4) is 0 Å². The second kappa shape index (κ2) is 4.69. The fraction of sp³-hybridized carbons (Fsp3) is 0.333. The molecule has 0 radical (unpaired) electrons. The van der Waals surface area contributed by atoms with Crippen LogP contribution in [0.2, 0.25) is 0 Å². The lowest BCUT2D eigenvalue weighted by Gasteiger charge is -2.30. The van der Waals surface area contributed by atoms with Gasteiger partial charge in [-0.25, -0.2) is 0 Å². The van der Waals surface area contributed by atoms with Crippen molar-refractivity contribution in [2.24, 2.45) is 0 Å². The second-order valence-corrected chi connectivity index (χ2v) is 5.90. The summed E-state index contributed by atoms with van der Waals surface area (Å²) in [6.07, 6.45) is 4.23. The maximum absolute atomic E-state index is 6.21. The van der Waals surface area contributed by atoms with Gasteiger partial charge in [-0.1, -0.05) is 6.08 Å². The van der Waals surface area contributed by atoms with Crippen molar-refractivity contribution in [3.63, 3.8) is 0 Å². The normalized spacial score (nSPS) is 15.5. The van der Waals surface area contributed by atoms with Crippen LogP contribution in [0.1, 0.15) is 25.0 Å². The second-order valence-electron chi connectivity index (χ2n) is 5.90. The summed E-state index contributed by atoms with van der Waals surface area (Å²) in [5.74, 6) is 2.46. The zero-order chi connectivity index (χ0) is 15.2. The highest BCUT2D eigenvalue weighted by Crippen LogP contribution is 2.43. The van der Waals surface area contributed by atoms with Gasteiger partial charge in [0.1, 0.15) is 22.8 Å². The molecule has 0 fully saturated rings. The van der Waals surface area contributed by atoms with Gasteiger partial charge in [0, 0.05) is 22.4 Å². The molecule has 3 heteroatoms. The summed E-state index contributed by atoms with van der Waals surface area (Å²) in [6, 6.07) is 6.04. The first-order chi connectivity index (χ1) is 9.95. The van der Waals surface area contributed by atoms with Gasteiger partial charge in [-0.05, 0) is 44.5 Å². The van der Waals surface area contributed by atoms with Gasteiger partial charge < -0.3 is 14.2 Å². The Balaban J connectivity index is 2.39. The van der Waals surface area contributed by atoms with Crippen LogP contribution in [0.5, 0.6) is 17.2 Å². The SMILES string of the molecule is COc1cc(OC)c2cc(C)c3c(c2c1)OC(C)(C)C=C3. The Bertz CT molecular complexity index is 742. The van der Waals surface area contributed by atoms with Crippen molar-refractivity contribution in [3.05, 3.63) is 35.4 Å². The van der Waals surface area contributed by atoms with Crippen LogP contribution >= 0.6 is 0 Å². The van der Waals surface area contributed by atoms with Crippen molar-refractivity contribution >= 4 is 16.8 Å². The molecule has 1 heterocycles. The number of hydrogen-bond acceptors (Lipinski definition) is 3. The molecule has 0 amide bonds. The first-order valence-corrected chi connectivity index (χ1v) is 7.03. The van der Waals surface area contributed by atoms with Gasteiger partial charge in [0.15, 0.2) is 0 Å². The lowest BCUT2D eigenvalue weighted by atomic mass is 9.94. The summed E-state index contributed by atoms with van der Waals surface area (Å²) in [5, 5.41) is 2.06. The number of ether oxygens (including phenoxy) is 3. The summed E-state index contributed by atoms with van der Waals surface area (Å²) >= 11 is 0. The van der Waals surface area contributed by atoms with Gasteiger partial charge >= 0.3 is 0 Å². The van der Waals surface area contributed by atoms with E-state index in [-0.39, 0.29) is 5.60 Å². The van der Waals surface area contributed by atoms with Crippen LogP contribution in [0.15, 0.2) is 24.3 Å². The van der Waals surface area contributed by atoms with Crippen LogP contribution in [0.4, 0.5) is 0 Å². The molecule has 0 aromatic heterocycles. The first-order valence-electron chi connectivity index (χ1n) is 7.03. The Kier molecular flexibility index (Phi) is 3.08. The van der Waals surface area contributed by atoms with Crippen LogP contribution < -0.4 is 14.2 Å². The molecule has 3 nitrogen and oxygen atoms in total. The minimum absolute atomic E-state index is 0.315. The van der Waals surface area contributed by atoms with Crippen LogP contribution in [-0.2, 0) is 0 Å². The van der Waals surface area contributed by atoms with Crippen molar-refractivity contribution in [1.82, 2.24) is 0 Å². The van der Waals surface area contributed by atoms with E-state index in [9.17, 15) is 0 Å². The largest absolute Gasteiger partial charge is 0.497 e. The van der Waals surface area contributed by atoms with Crippen molar-refractivity contribution < 1.29 is 14.2 Å². The van der Waals surface area contributed by atoms with E-state index >= 15 is 0 Å². The standard InChI is InChI=1S/C18H20O3/c1-11-8-14-15(9-12(19-4)10-16(14)20-5)17-13(11)6-7-18(2,3)21-17/h6-10H,1-5H3. The van der Waals surface area contributed by atoms with Gasteiger partial charge in [0.25, 0.3) is 0 Å². The quantitative estimate of drug-likeness (QED) is 0.820. The first kappa shape index (κ1) is 13.8. The Hall–Kier alpha value is -2.16. The number of methoxy groups -OCH3 is 2. The number of rotatable bonds is 2. The van der Waals surface area contributed by atoms with Gasteiger partial charge in [-0.2, -0.15) is 0 Å². The van der Waals surface area contributed by atoms with E-state index in [1.807, 2.05) is 12.1 Å². The molecule has 0 spiro atoms. The highest BCUT2D eigenvalue weighted by molar-refractivity contribution is 5.98. The average Bonchev–Trinajstić information content (AvgIpc) is 2.45. The molecular formula is C18H20O3. The highest BCUT2D eigenvalue weighted by atomic mass is 16.5. The monoisotopic (exact) mass is 284 g/mol. The maximum atomic E-state index is 6.21. The Morgan fingerprint density at radius 1 is 1.00 bits per heavy atom. The molecule has 2 aromatic rings. The molecule has 0 unspecified atom stereocenters. The fourth-order valence-electron chi connectivity index (χ4n) is 2.74. The topological polar surface area (TPSA) is 27.7 Å². The van der Waals surface area contributed by atoms with E-state index in [4.69, 9.17) is 14.2 Å². The van der Waals surface area contributed by atoms with E-state index in [1.54, 1.807) is 14.2 Å². The summed E-state index contributed by atoms with van der Waals surface area (Å²) in [4.78, 5) is 0. The molecule has 0 bridgehead atoms. The predicted octanol–water partition coefficient (Wildman–Crippen LogP) is 4.35. The van der Waals surface area contributed by atoms with E-state index < -0.39 is 0 Å². The zero-order valence-corrected chi connectivity index (χ0v) is 13.1. The number of aryl methyl sites for hydroxylation is 1. The van der Waals surface area contributed by atoms with E-state index in [0.29, 0.717) is 0 Å². The third kappa shape index (κ3) is 2.23. The van der Waals surface area contributed by atoms with E-state index in [0.717, 1.165) is 33.6 Å². The van der Waals surface area contributed by atoms with Gasteiger partial charge in [-0.15, -0.1) is 0 Å². The predicted molar refractivity (Wildman–Crippen MR) is 85.5 cm³/mol. The lowest BCUT2D eigenvalue weighted by molar-refractivity contribution is 0.161. The molecule has 3 rings (SSSR count). The molecule has 1 aliphatic rings. The maximum Gasteiger partial charge on any atom is 0.136 e. The summed E-state index contributed by atoms with van der Waals surface area (Å²) in [7, 11) is 3.33. The smallest absolute Gasteiger partial charge is 0.136 e. The average molecular weight is 284 g/mol. The van der Waals surface area contributed by atoms with Gasteiger partial charge in [0.2, 0.25) is 0 Å². The van der Waals surface area contributed by atoms with Crippen LogP contribution in [0, 0.1) is 6.92 Å². The summed E-state index contributed by atoms with van der Waals surface area (Å²) in [5.41, 5.74) is 1.98. The van der Waals surface area contributed by atoms with E-state index in [1.165, 1.54) is 5.56 Å². The molecule has 2 aromatic carbocycles. The molecule has 0 saturated carbocycles. The van der Waals surface area contributed by atoms with E-state index in [2.05, 4.69) is 39.0 Å². The minimum Gasteiger partial charge on any atom is -0.497 e. The Labute approximate surface area is 125 Å². The number of fused-ring (bicyclic) bond motifs is 3. The molecule has 0 N–H and O–H groups in total. The number of benzene rings is 2. The van der Waals surface area contributed by atoms with Crippen LogP contribution in [0.25, 0.3) is 16.8 Å². The minimum atomic E-state index is -0.315. The third-order valence-electron chi connectivity index (χ3n) is 3.86. The molecule has 1 aliphatic heterocycles. The Morgan fingerprint density at radius 2 is 1.76 bits per heavy atom. The van der Waals surface area contributed by atoms with Crippen molar-refractivity contribution in [2.75, 3.05) is 14.2 Å². The lowest BCUT2D eigenvalue weighted by Crippen LogP contribution is -2.27.